The molecule has 6 heteroatoms. The van der Waals surface area contributed by atoms with Gasteiger partial charge >= 0.3 is 0 Å². The summed E-state index contributed by atoms with van der Waals surface area (Å²) in [5.74, 6) is -0.322. The minimum absolute atomic E-state index is 0.196. The van der Waals surface area contributed by atoms with E-state index < -0.39 is 5.82 Å². The molecule has 2 aromatic carbocycles. The van der Waals surface area contributed by atoms with E-state index in [0.29, 0.717) is 11.0 Å². The largest absolute Gasteiger partial charge is 0.369 e. The van der Waals surface area contributed by atoms with Gasteiger partial charge in [-0.3, -0.25) is 4.57 Å². The molecule has 1 aromatic heterocycles. The molecule has 0 fully saturated rings. The Hall–Kier alpha value is -2.39. The Labute approximate surface area is 122 Å². The highest BCUT2D eigenvalue weighted by Crippen LogP contribution is 2.27. The fourth-order valence-corrected chi connectivity index (χ4v) is 2.43. The van der Waals surface area contributed by atoms with Gasteiger partial charge in [0.1, 0.15) is 5.82 Å². The molecule has 0 saturated heterocycles. The number of imidazole rings is 1. The van der Waals surface area contributed by atoms with Crippen molar-refractivity contribution in [2.24, 2.45) is 0 Å². The van der Waals surface area contributed by atoms with Crippen LogP contribution < -0.4 is 5.73 Å². The summed E-state index contributed by atoms with van der Waals surface area (Å²) in [4.78, 5) is 4.20. The van der Waals surface area contributed by atoms with E-state index in [0.717, 1.165) is 4.47 Å². The zero-order chi connectivity index (χ0) is 14.3. The standard InChI is InChI=1S/C14H8BrFN4/c15-9-2-3-11-13(6-9)20(14(18)19-11)12-4-1-8(7-17)5-10(12)16/h1-6H,(H2,18,19). The average molecular weight is 331 g/mol. The van der Waals surface area contributed by atoms with Gasteiger partial charge in [0.2, 0.25) is 5.95 Å². The maximum Gasteiger partial charge on any atom is 0.206 e. The van der Waals surface area contributed by atoms with Gasteiger partial charge in [0.15, 0.2) is 0 Å². The quantitative estimate of drug-likeness (QED) is 0.743. The van der Waals surface area contributed by atoms with Crippen LogP contribution in [0.5, 0.6) is 0 Å². The predicted octanol–water partition coefficient (Wildman–Crippen LogP) is 3.38. The van der Waals surface area contributed by atoms with Crippen molar-refractivity contribution >= 4 is 32.9 Å². The molecule has 0 spiro atoms. The summed E-state index contributed by atoms with van der Waals surface area (Å²) in [6.07, 6.45) is 0. The Kier molecular flexibility index (Phi) is 2.92. The first-order valence-electron chi connectivity index (χ1n) is 5.73. The number of nitrogens with two attached hydrogens (primary N) is 1. The highest BCUT2D eigenvalue weighted by Gasteiger charge is 2.14. The first-order valence-corrected chi connectivity index (χ1v) is 6.53. The van der Waals surface area contributed by atoms with Crippen molar-refractivity contribution in [3.8, 4) is 11.8 Å². The van der Waals surface area contributed by atoms with Crippen LogP contribution in [0.3, 0.4) is 0 Å². The van der Waals surface area contributed by atoms with Crippen LogP contribution in [0.2, 0.25) is 0 Å². The summed E-state index contributed by atoms with van der Waals surface area (Å²) in [6, 6.07) is 11.6. The molecule has 20 heavy (non-hydrogen) atoms. The Balaban J connectivity index is 2.32. The van der Waals surface area contributed by atoms with E-state index in [-0.39, 0.29) is 17.2 Å². The van der Waals surface area contributed by atoms with Crippen LogP contribution in [0.15, 0.2) is 40.9 Å². The summed E-state index contributed by atoms with van der Waals surface area (Å²) in [6.45, 7) is 0. The number of benzene rings is 2. The number of fused-ring (bicyclic) bond motifs is 1. The van der Waals surface area contributed by atoms with Crippen LogP contribution in [0, 0.1) is 17.1 Å². The Morgan fingerprint density at radius 1 is 1.25 bits per heavy atom. The number of aromatic nitrogens is 2. The van der Waals surface area contributed by atoms with E-state index >= 15 is 0 Å². The lowest BCUT2D eigenvalue weighted by Gasteiger charge is -2.08. The van der Waals surface area contributed by atoms with Gasteiger partial charge in [0, 0.05) is 4.47 Å². The normalized spacial score (nSPS) is 10.7. The molecule has 98 valence electrons. The lowest BCUT2D eigenvalue weighted by molar-refractivity contribution is 0.619. The van der Waals surface area contributed by atoms with Crippen LogP contribution in [0.1, 0.15) is 5.56 Å². The van der Waals surface area contributed by atoms with Crippen molar-refractivity contribution in [1.29, 1.82) is 5.26 Å². The second-order valence-electron chi connectivity index (χ2n) is 4.22. The lowest BCUT2D eigenvalue weighted by Crippen LogP contribution is -2.03. The maximum atomic E-state index is 14.1. The van der Waals surface area contributed by atoms with Gasteiger partial charge < -0.3 is 5.73 Å². The predicted molar refractivity (Wildman–Crippen MR) is 77.9 cm³/mol. The minimum Gasteiger partial charge on any atom is -0.369 e. The van der Waals surface area contributed by atoms with Gasteiger partial charge in [-0.15, -0.1) is 0 Å². The van der Waals surface area contributed by atoms with Gasteiger partial charge in [-0.1, -0.05) is 15.9 Å². The second kappa shape index (κ2) is 4.62. The first kappa shape index (κ1) is 12.6. The number of nitriles is 1. The molecule has 0 radical (unpaired) electrons. The number of hydrogen-bond acceptors (Lipinski definition) is 3. The maximum absolute atomic E-state index is 14.1. The van der Waals surface area contributed by atoms with Gasteiger partial charge in [-0.25, -0.2) is 9.37 Å². The molecule has 0 atom stereocenters. The van der Waals surface area contributed by atoms with Crippen molar-refractivity contribution in [3.63, 3.8) is 0 Å². The van der Waals surface area contributed by atoms with Crippen molar-refractivity contribution < 1.29 is 4.39 Å². The van der Waals surface area contributed by atoms with Gasteiger partial charge in [-0.2, -0.15) is 5.26 Å². The molecule has 2 N–H and O–H groups in total. The number of hydrogen-bond donors (Lipinski definition) is 1. The van der Waals surface area contributed by atoms with E-state index in [2.05, 4.69) is 20.9 Å². The number of nitrogen functional groups attached to an aromatic ring is 1. The van der Waals surface area contributed by atoms with E-state index in [1.54, 1.807) is 12.1 Å². The van der Waals surface area contributed by atoms with E-state index in [9.17, 15) is 4.39 Å². The highest BCUT2D eigenvalue weighted by atomic mass is 79.9. The van der Waals surface area contributed by atoms with Gasteiger partial charge in [0.05, 0.1) is 28.4 Å². The van der Waals surface area contributed by atoms with Crippen LogP contribution in [-0.4, -0.2) is 9.55 Å². The number of anilines is 1. The van der Waals surface area contributed by atoms with Crippen LogP contribution in [0.4, 0.5) is 10.3 Å². The van der Waals surface area contributed by atoms with Crippen LogP contribution >= 0.6 is 15.9 Å². The second-order valence-corrected chi connectivity index (χ2v) is 5.13. The van der Waals surface area contributed by atoms with E-state index in [4.69, 9.17) is 11.0 Å². The summed E-state index contributed by atoms with van der Waals surface area (Å²) in [7, 11) is 0. The fraction of sp³-hybridized carbons (Fsp3) is 0. The number of nitrogens with zero attached hydrogens (tertiary/aromatic N) is 3. The smallest absolute Gasteiger partial charge is 0.206 e. The lowest BCUT2D eigenvalue weighted by atomic mass is 10.2. The molecule has 1 heterocycles. The minimum atomic E-state index is -0.518. The average Bonchev–Trinajstić information content (AvgIpc) is 2.74. The summed E-state index contributed by atoms with van der Waals surface area (Å²) in [5, 5.41) is 8.78. The van der Waals surface area contributed by atoms with E-state index in [1.807, 2.05) is 18.2 Å². The Morgan fingerprint density at radius 3 is 2.75 bits per heavy atom. The topological polar surface area (TPSA) is 67.6 Å². The Bertz CT molecular complexity index is 863. The van der Waals surface area contributed by atoms with Crippen LogP contribution in [-0.2, 0) is 0 Å². The molecular weight excluding hydrogens is 323 g/mol. The zero-order valence-electron chi connectivity index (χ0n) is 10.1. The molecule has 0 amide bonds. The third-order valence-electron chi connectivity index (χ3n) is 2.96. The summed E-state index contributed by atoms with van der Waals surface area (Å²) >= 11 is 3.37. The zero-order valence-corrected chi connectivity index (χ0v) is 11.7. The monoisotopic (exact) mass is 330 g/mol. The fourth-order valence-electron chi connectivity index (χ4n) is 2.08. The molecule has 0 aliphatic rings. The van der Waals surface area contributed by atoms with Gasteiger partial charge in [-0.05, 0) is 36.4 Å². The van der Waals surface area contributed by atoms with Crippen molar-refractivity contribution in [3.05, 3.63) is 52.3 Å². The Morgan fingerprint density at radius 2 is 2.05 bits per heavy atom. The molecule has 0 aliphatic heterocycles. The highest BCUT2D eigenvalue weighted by molar-refractivity contribution is 9.10. The molecule has 0 bridgehead atoms. The summed E-state index contributed by atoms with van der Waals surface area (Å²) in [5.41, 5.74) is 7.78. The van der Waals surface area contributed by atoms with E-state index in [1.165, 1.54) is 16.7 Å². The molecule has 4 nitrogen and oxygen atoms in total. The first-order chi connectivity index (χ1) is 9.60. The molecule has 0 saturated carbocycles. The SMILES string of the molecule is N#Cc1ccc(-n2c(N)nc3ccc(Br)cc32)c(F)c1. The molecule has 0 aliphatic carbocycles. The molecule has 0 unspecified atom stereocenters. The third kappa shape index (κ3) is 1.92. The number of rotatable bonds is 1. The molecule has 3 aromatic rings. The van der Waals surface area contributed by atoms with Crippen molar-refractivity contribution in [2.75, 3.05) is 5.73 Å². The third-order valence-corrected chi connectivity index (χ3v) is 3.45. The number of halogens is 2. The van der Waals surface area contributed by atoms with Crippen molar-refractivity contribution in [1.82, 2.24) is 9.55 Å². The summed E-state index contributed by atoms with van der Waals surface area (Å²) < 4.78 is 16.5. The molecular formula is C14H8BrFN4. The van der Waals surface area contributed by atoms with Crippen LogP contribution in [0.25, 0.3) is 16.7 Å². The van der Waals surface area contributed by atoms with Crippen molar-refractivity contribution in [2.45, 2.75) is 0 Å². The molecule has 3 rings (SSSR count). The van der Waals surface area contributed by atoms with Gasteiger partial charge in [0.25, 0.3) is 0 Å².